The van der Waals surface area contributed by atoms with Crippen molar-refractivity contribution in [3.63, 3.8) is 0 Å². The number of hydrogen-bond acceptors (Lipinski definition) is 6. The first-order valence-electron chi connectivity index (χ1n) is 9.17. The SMILES string of the molecule is CC(=O)N(OC[C@H]1CCN(CCc2nn[nH]n2)C[C@@H]1C)c1ccccc1F. The predicted octanol–water partition coefficient (Wildman–Crippen LogP) is 1.82. The highest BCUT2D eigenvalue weighted by Crippen LogP contribution is 2.26. The normalized spacial score (nSPS) is 20.6. The average Bonchev–Trinajstić information content (AvgIpc) is 3.16. The summed E-state index contributed by atoms with van der Waals surface area (Å²) in [7, 11) is 0. The summed E-state index contributed by atoms with van der Waals surface area (Å²) >= 11 is 0. The highest BCUT2D eigenvalue weighted by Gasteiger charge is 2.28. The van der Waals surface area contributed by atoms with Crippen molar-refractivity contribution in [2.45, 2.75) is 26.7 Å². The molecule has 0 spiro atoms. The molecule has 1 aromatic heterocycles. The number of hydroxylamine groups is 1. The van der Waals surface area contributed by atoms with E-state index in [2.05, 4.69) is 32.4 Å². The molecule has 2 atom stereocenters. The zero-order chi connectivity index (χ0) is 19.2. The molecule has 2 aromatic rings. The van der Waals surface area contributed by atoms with Crippen LogP contribution in [0.1, 0.15) is 26.1 Å². The minimum atomic E-state index is -0.475. The van der Waals surface area contributed by atoms with Crippen LogP contribution in [0.5, 0.6) is 0 Å². The summed E-state index contributed by atoms with van der Waals surface area (Å²) in [6.07, 6.45) is 1.71. The number of hydrogen-bond donors (Lipinski definition) is 1. The third-order valence-corrected chi connectivity index (χ3v) is 4.98. The fourth-order valence-corrected chi connectivity index (χ4v) is 3.39. The smallest absolute Gasteiger partial charge is 0.247 e. The Morgan fingerprint density at radius 3 is 2.93 bits per heavy atom. The number of H-pyrrole nitrogens is 1. The molecular weight excluding hydrogens is 351 g/mol. The number of amides is 1. The molecule has 2 heterocycles. The van der Waals surface area contributed by atoms with Crippen LogP contribution in [0.15, 0.2) is 24.3 Å². The quantitative estimate of drug-likeness (QED) is 0.742. The molecule has 1 aliphatic rings. The second-order valence-electron chi connectivity index (χ2n) is 6.97. The number of rotatable bonds is 7. The van der Waals surface area contributed by atoms with Crippen molar-refractivity contribution >= 4 is 11.6 Å². The molecule has 1 saturated heterocycles. The van der Waals surface area contributed by atoms with E-state index in [0.29, 0.717) is 18.4 Å². The molecule has 0 radical (unpaired) electrons. The van der Waals surface area contributed by atoms with Crippen molar-refractivity contribution < 1.29 is 14.0 Å². The number of carbonyl (C=O) groups is 1. The van der Waals surface area contributed by atoms with Gasteiger partial charge in [0.15, 0.2) is 5.82 Å². The van der Waals surface area contributed by atoms with E-state index in [9.17, 15) is 9.18 Å². The first-order valence-corrected chi connectivity index (χ1v) is 9.17. The lowest BCUT2D eigenvalue weighted by Crippen LogP contribution is -2.43. The van der Waals surface area contributed by atoms with Gasteiger partial charge in [-0.25, -0.2) is 4.39 Å². The molecule has 1 N–H and O–H groups in total. The van der Waals surface area contributed by atoms with Crippen molar-refractivity contribution in [2.75, 3.05) is 31.3 Å². The third-order valence-electron chi connectivity index (χ3n) is 4.98. The van der Waals surface area contributed by atoms with Crippen LogP contribution in [0.25, 0.3) is 0 Å². The van der Waals surface area contributed by atoms with E-state index in [0.717, 1.165) is 43.4 Å². The molecule has 1 aliphatic heterocycles. The van der Waals surface area contributed by atoms with Gasteiger partial charge in [-0.1, -0.05) is 24.3 Å². The van der Waals surface area contributed by atoms with E-state index in [1.54, 1.807) is 18.2 Å². The van der Waals surface area contributed by atoms with Crippen LogP contribution in [0.3, 0.4) is 0 Å². The summed E-state index contributed by atoms with van der Waals surface area (Å²) in [6.45, 7) is 6.69. The average molecular weight is 376 g/mol. The predicted molar refractivity (Wildman–Crippen MR) is 97.1 cm³/mol. The summed E-state index contributed by atoms with van der Waals surface area (Å²) in [5.41, 5.74) is 0.148. The lowest BCUT2D eigenvalue weighted by atomic mass is 9.87. The Kier molecular flexibility index (Phi) is 6.46. The number of anilines is 1. The minimum absolute atomic E-state index is 0.148. The van der Waals surface area contributed by atoms with Gasteiger partial charge in [0.1, 0.15) is 11.5 Å². The number of piperidine rings is 1. The van der Waals surface area contributed by atoms with Crippen LogP contribution in [0.2, 0.25) is 0 Å². The molecule has 8 nitrogen and oxygen atoms in total. The van der Waals surface area contributed by atoms with Crippen molar-refractivity contribution in [2.24, 2.45) is 11.8 Å². The minimum Gasteiger partial charge on any atom is -0.303 e. The topological polar surface area (TPSA) is 87.2 Å². The molecule has 0 unspecified atom stereocenters. The van der Waals surface area contributed by atoms with Crippen molar-refractivity contribution in [1.82, 2.24) is 25.5 Å². The number of tetrazole rings is 1. The fraction of sp³-hybridized carbons (Fsp3) is 0.556. The Morgan fingerprint density at radius 2 is 2.26 bits per heavy atom. The Bertz CT molecular complexity index is 741. The van der Waals surface area contributed by atoms with E-state index in [-0.39, 0.29) is 11.6 Å². The summed E-state index contributed by atoms with van der Waals surface area (Å²) in [5.74, 6) is 0.607. The summed E-state index contributed by atoms with van der Waals surface area (Å²) in [6, 6.07) is 6.13. The Morgan fingerprint density at radius 1 is 1.44 bits per heavy atom. The number of halogens is 1. The second-order valence-corrected chi connectivity index (χ2v) is 6.97. The maximum Gasteiger partial charge on any atom is 0.247 e. The molecule has 9 heteroatoms. The maximum absolute atomic E-state index is 14.0. The van der Waals surface area contributed by atoms with Gasteiger partial charge in [0.05, 0.1) is 6.61 Å². The van der Waals surface area contributed by atoms with E-state index >= 15 is 0 Å². The van der Waals surface area contributed by atoms with Crippen LogP contribution >= 0.6 is 0 Å². The first kappa shape index (κ1) is 19.4. The number of likely N-dealkylation sites (tertiary alicyclic amines) is 1. The molecular formula is C18H25FN6O2. The molecule has 146 valence electrons. The van der Waals surface area contributed by atoms with Crippen molar-refractivity contribution in [3.05, 3.63) is 35.9 Å². The Hall–Kier alpha value is -2.39. The fourth-order valence-electron chi connectivity index (χ4n) is 3.39. The van der Waals surface area contributed by atoms with Gasteiger partial charge < -0.3 is 4.90 Å². The lowest BCUT2D eigenvalue weighted by Gasteiger charge is -2.37. The lowest BCUT2D eigenvalue weighted by molar-refractivity contribution is -0.125. The number of carbonyl (C=O) groups excluding carboxylic acids is 1. The largest absolute Gasteiger partial charge is 0.303 e. The zero-order valence-electron chi connectivity index (χ0n) is 15.6. The number of aromatic amines is 1. The van der Waals surface area contributed by atoms with Crippen LogP contribution in [-0.4, -0.2) is 57.7 Å². The summed E-state index contributed by atoms with van der Waals surface area (Å²) < 4.78 is 14.0. The molecule has 1 aromatic carbocycles. The highest BCUT2D eigenvalue weighted by atomic mass is 19.1. The van der Waals surface area contributed by atoms with E-state index in [4.69, 9.17) is 4.84 Å². The van der Waals surface area contributed by atoms with Gasteiger partial charge in [0.2, 0.25) is 5.91 Å². The van der Waals surface area contributed by atoms with Gasteiger partial charge in [0, 0.05) is 26.4 Å². The number of nitrogens with one attached hydrogen (secondary N) is 1. The second kappa shape index (κ2) is 9.01. The van der Waals surface area contributed by atoms with E-state index in [1.165, 1.54) is 13.0 Å². The first-order chi connectivity index (χ1) is 13.0. The Balaban J connectivity index is 1.50. The van der Waals surface area contributed by atoms with Crippen LogP contribution < -0.4 is 5.06 Å². The highest BCUT2D eigenvalue weighted by molar-refractivity contribution is 5.89. The van der Waals surface area contributed by atoms with Gasteiger partial charge in [-0.2, -0.15) is 10.3 Å². The molecule has 0 saturated carbocycles. The van der Waals surface area contributed by atoms with Crippen LogP contribution in [-0.2, 0) is 16.1 Å². The summed E-state index contributed by atoms with van der Waals surface area (Å²) in [4.78, 5) is 20.0. The van der Waals surface area contributed by atoms with Gasteiger partial charge in [-0.05, 0) is 36.9 Å². The number of aromatic nitrogens is 4. The van der Waals surface area contributed by atoms with E-state index < -0.39 is 5.82 Å². The van der Waals surface area contributed by atoms with E-state index in [1.807, 2.05) is 0 Å². The van der Waals surface area contributed by atoms with Crippen LogP contribution in [0, 0.1) is 17.7 Å². The monoisotopic (exact) mass is 376 g/mol. The van der Waals surface area contributed by atoms with Crippen molar-refractivity contribution in [1.29, 1.82) is 0 Å². The van der Waals surface area contributed by atoms with Gasteiger partial charge >= 0.3 is 0 Å². The van der Waals surface area contributed by atoms with Crippen LogP contribution in [0.4, 0.5) is 10.1 Å². The molecule has 0 aliphatic carbocycles. The summed E-state index contributed by atoms with van der Waals surface area (Å²) in [5, 5.41) is 15.0. The molecule has 3 rings (SSSR count). The zero-order valence-corrected chi connectivity index (χ0v) is 15.6. The Labute approximate surface area is 157 Å². The molecule has 1 fully saturated rings. The number of para-hydroxylation sites is 1. The maximum atomic E-state index is 14.0. The van der Waals surface area contributed by atoms with Gasteiger partial charge in [-0.3, -0.25) is 9.63 Å². The number of nitrogens with zero attached hydrogens (tertiary/aromatic N) is 5. The number of benzene rings is 1. The molecule has 27 heavy (non-hydrogen) atoms. The van der Waals surface area contributed by atoms with Gasteiger partial charge in [-0.15, -0.1) is 10.2 Å². The third kappa shape index (κ3) is 5.08. The molecule has 0 bridgehead atoms. The molecule has 1 amide bonds. The van der Waals surface area contributed by atoms with Crippen molar-refractivity contribution in [3.8, 4) is 0 Å². The van der Waals surface area contributed by atoms with Gasteiger partial charge in [0.25, 0.3) is 0 Å². The standard InChI is InChI=1S/C18H25FN6O2/c1-13-11-24(10-8-18-20-22-23-21-18)9-7-15(13)12-27-25(14(2)26)17-6-4-3-5-16(17)19/h3-6,13,15H,7-12H2,1-2H3,(H,20,21,22,23)/t13-,15+/m0/s1.